The Morgan fingerprint density at radius 1 is 1.03 bits per heavy atom. The van der Waals surface area contributed by atoms with Crippen LogP contribution in [-0.4, -0.2) is 67.6 Å². The fourth-order valence-corrected chi connectivity index (χ4v) is 4.53. The van der Waals surface area contributed by atoms with Gasteiger partial charge in [-0.2, -0.15) is 0 Å². The van der Waals surface area contributed by atoms with Gasteiger partial charge in [-0.1, -0.05) is 0 Å². The monoisotopic (exact) mass is 486 g/mol. The maximum Gasteiger partial charge on any atom is 0.228 e. The van der Waals surface area contributed by atoms with E-state index in [-0.39, 0.29) is 24.2 Å². The highest BCUT2D eigenvalue weighted by atomic mass is 79.9. The topological polar surface area (TPSA) is 75.2 Å². The van der Waals surface area contributed by atoms with Gasteiger partial charge in [0.05, 0.1) is 5.92 Å². The van der Waals surface area contributed by atoms with Crippen LogP contribution in [0.4, 0.5) is 11.5 Å². The normalized spacial score (nSPS) is 20.9. The van der Waals surface area contributed by atoms with Crippen molar-refractivity contribution in [3.8, 4) is 11.5 Å². The van der Waals surface area contributed by atoms with E-state index in [2.05, 4.69) is 25.8 Å². The zero-order chi connectivity index (χ0) is 21.4. The predicted molar refractivity (Wildman–Crippen MR) is 119 cm³/mol. The number of nitrogens with zero attached hydrogens (tertiary/aromatic N) is 4. The zero-order valence-corrected chi connectivity index (χ0v) is 18.6. The average molecular weight is 487 g/mol. The van der Waals surface area contributed by atoms with Crippen LogP contribution in [0.1, 0.15) is 6.42 Å². The van der Waals surface area contributed by atoms with E-state index in [4.69, 9.17) is 9.47 Å². The molecule has 0 N–H and O–H groups in total. The van der Waals surface area contributed by atoms with Crippen LogP contribution < -0.4 is 19.3 Å². The van der Waals surface area contributed by atoms with Gasteiger partial charge in [0.15, 0.2) is 11.5 Å². The van der Waals surface area contributed by atoms with Crippen molar-refractivity contribution in [2.24, 2.45) is 5.92 Å². The van der Waals surface area contributed by atoms with E-state index in [0.717, 1.165) is 29.1 Å². The summed E-state index contributed by atoms with van der Waals surface area (Å²) in [6, 6.07) is 9.44. The lowest BCUT2D eigenvalue weighted by Gasteiger charge is -2.36. The maximum absolute atomic E-state index is 13.1. The first-order valence-electron chi connectivity index (χ1n) is 10.4. The zero-order valence-electron chi connectivity index (χ0n) is 17.0. The van der Waals surface area contributed by atoms with Gasteiger partial charge in [0.2, 0.25) is 11.8 Å². The first-order chi connectivity index (χ1) is 15.1. The molecule has 0 bridgehead atoms. The van der Waals surface area contributed by atoms with Gasteiger partial charge in [0.25, 0.3) is 0 Å². The Labute approximate surface area is 188 Å². The van der Waals surface area contributed by atoms with Crippen molar-refractivity contribution in [2.45, 2.75) is 6.42 Å². The number of pyridine rings is 1. The van der Waals surface area contributed by atoms with E-state index in [1.807, 2.05) is 35.2 Å². The number of hydrogen-bond acceptors (Lipinski definition) is 6. The van der Waals surface area contributed by atoms with E-state index >= 15 is 0 Å². The van der Waals surface area contributed by atoms with Gasteiger partial charge >= 0.3 is 0 Å². The van der Waals surface area contributed by atoms with Crippen molar-refractivity contribution in [1.82, 2.24) is 9.88 Å². The molecule has 162 valence electrons. The first kappa shape index (κ1) is 20.1. The van der Waals surface area contributed by atoms with Crippen LogP contribution in [0.25, 0.3) is 0 Å². The molecule has 3 aliphatic heterocycles. The summed E-state index contributed by atoms with van der Waals surface area (Å²) in [5, 5.41) is 0. The Morgan fingerprint density at radius 3 is 2.55 bits per heavy atom. The van der Waals surface area contributed by atoms with E-state index in [9.17, 15) is 9.59 Å². The number of rotatable bonds is 3. The highest BCUT2D eigenvalue weighted by molar-refractivity contribution is 9.10. The third kappa shape index (κ3) is 4.06. The Kier molecular flexibility index (Phi) is 5.43. The molecule has 2 saturated heterocycles. The third-order valence-electron chi connectivity index (χ3n) is 5.94. The predicted octanol–water partition coefficient (Wildman–Crippen LogP) is 2.32. The van der Waals surface area contributed by atoms with Crippen molar-refractivity contribution < 1.29 is 19.1 Å². The van der Waals surface area contributed by atoms with Gasteiger partial charge in [-0.3, -0.25) is 9.59 Å². The number of aromatic nitrogens is 1. The van der Waals surface area contributed by atoms with Crippen LogP contribution in [0.5, 0.6) is 11.5 Å². The number of ether oxygens (including phenoxy) is 2. The highest BCUT2D eigenvalue weighted by Gasteiger charge is 2.38. The minimum absolute atomic E-state index is 0.0345. The van der Waals surface area contributed by atoms with E-state index in [1.165, 1.54) is 0 Å². The average Bonchev–Trinajstić information content (AvgIpc) is 3.20. The van der Waals surface area contributed by atoms with Crippen molar-refractivity contribution in [1.29, 1.82) is 0 Å². The van der Waals surface area contributed by atoms with Crippen molar-refractivity contribution in [3.63, 3.8) is 0 Å². The van der Waals surface area contributed by atoms with Crippen LogP contribution >= 0.6 is 15.9 Å². The van der Waals surface area contributed by atoms with Crippen molar-refractivity contribution >= 4 is 39.2 Å². The molecule has 0 radical (unpaired) electrons. The maximum atomic E-state index is 13.1. The lowest BCUT2D eigenvalue weighted by molar-refractivity contribution is -0.136. The fourth-order valence-electron chi connectivity index (χ4n) is 4.29. The molecule has 1 aromatic carbocycles. The summed E-state index contributed by atoms with van der Waals surface area (Å²) in [6.07, 6.45) is 2.02. The Balaban J connectivity index is 1.21. The standard InChI is InChI=1S/C22H23BrN4O4/c23-16-1-4-20(24-13-16)25-5-7-26(8-6-25)22(29)15-11-21(28)27(14-15)17-2-3-18-19(12-17)31-10-9-30-18/h1-4,12-13,15H,5-11,14H2. The number of piperazine rings is 1. The molecule has 0 saturated carbocycles. The second kappa shape index (κ2) is 8.37. The summed E-state index contributed by atoms with van der Waals surface area (Å²) in [4.78, 5) is 35.9. The van der Waals surface area contributed by atoms with Gasteiger partial charge in [0.1, 0.15) is 19.0 Å². The molecular formula is C22H23BrN4O4. The van der Waals surface area contributed by atoms with E-state index in [1.54, 1.807) is 11.1 Å². The Bertz CT molecular complexity index is 992. The number of halogens is 1. The number of amides is 2. The van der Waals surface area contributed by atoms with E-state index < -0.39 is 0 Å². The second-order valence-corrected chi connectivity index (χ2v) is 8.80. The molecule has 2 amide bonds. The molecule has 3 aliphatic rings. The summed E-state index contributed by atoms with van der Waals surface area (Å²) in [7, 11) is 0. The van der Waals surface area contributed by atoms with Crippen LogP contribution in [0, 0.1) is 5.92 Å². The second-order valence-electron chi connectivity index (χ2n) is 7.88. The number of fused-ring (bicyclic) bond motifs is 1. The van der Waals surface area contributed by atoms with Crippen molar-refractivity contribution in [3.05, 3.63) is 41.0 Å². The van der Waals surface area contributed by atoms with Gasteiger partial charge < -0.3 is 24.2 Å². The summed E-state index contributed by atoms with van der Waals surface area (Å²) < 4.78 is 12.1. The molecule has 4 heterocycles. The quantitative estimate of drug-likeness (QED) is 0.662. The van der Waals surface area contributed by atoms with E-state index in [0.29, 0.717) is 44.3 Å². The highest BCUT2D eigenvalue weighted by Crippen LogP contribution is 2.36. The minimum atomic E-state index is -0.321. The number of benzene rings is 1. The molecule has 9 heteroatoms. The van der Waals surface area contributed by atoms with Gasteiger partial charge in [-0.25, -0.2) is 4.98 Å². The fraction of sp³-hybridized carbons (Fsp3) is 0.409. The van der Waals surface area contributed by atoms with Crippen LogP contribution in [0.3, 0.4) is 0 Å². The van der Waals surface area contributed by atoms with Crippen molar-refractivity contribution in [2.75, 3.05) is 55.7 Å². The number of hydrogen-bond donors (Lipinski definition) is 0. The summed E-state index contributed by atoms with van der Waals surface area (Å²) in [6.45, 7) is 4.13. The molecule has 2 fully saturated rings. The molecule has 1 unspecified atom stereocenters. The Hall–Kier alpha value is -2.81. The van der Waals surface area contributed by atoms with Gasteiger partial charge in [0, 0.05) is 61.6 Å². The lowest BCUT2D eigenvalue weighted by atomic mass is 10.1. The molecule has 31 heavy (non-hydrogen) atoms. The SMILES string of the molecule is O=C(C1CC(=O)N(c2ccc3c(c2)OCCO3)C1)N1CCN(c2ccc(Br)cn2)CC1. The smallest absolute Gasteiger partial charge is 0.228 e. The Morgan fingerprint density at radius 2 is 1.81 bits per heavy atom. The summed E-state index contributed by atoms with van der Waals surface area (Å²) in [5.41, 5.74) is 0.746. The number of anilines is 2. The third-order valence-corrected chi connectivity index (χ3v) is 6.41. The number of carbonyl (C=O) groups excluding carboxylic acids is 2. The van der Waals surface area contributed by atoms with Crippen LogP contribution in [0.2, 0.25) is 0 Å². The molecule has 2 aromatic rings. The minimum Gasteiger partial charge on any atom is -0.486 e. The molecule has 8 nitrogen and oxygen atoms in total. The molecular weight excluding hydrogens is 464 g/mol. The number of carbonyl (C=O) groups is 2. The van der Waals surface area contributed by atoms with Crippen LogP contribution in [0.15, 0.2) is 41.0 Å². The molecule has 5 rings (SSSR count). The van der Waals surface area contributed by atoms with Crippen LogP contribution in [-0.2, 0) is 9.59 Å². The molecule has 0 spiro atoms. The molecule has 1 atom stereocenters. The molecule has 1 aromatic heterocycles. The molecule has 0 aliphatic carbocycles. The van der Waals surface area contributed by atoms with Gasteiger partial charge in [-0.15, -0.1) is 0 Å². The largest absolute Gasteiger partial charge is 0.486 e. The van der Waals surface area contributed by atoms with Gasteiger partial charge in [-0.05, 0) is 40.2 Å². The lowest BCUT2D eigenvalue weighted by Crippen LogP contribution is -2.51. The summed E-state index contributed by atoms with van der Waals surface area (Å²) >= 11 is 3.40. The summed E-state index contributed by atoms with van der Waals surface area (Å²) in [5.74, 6) is 1.94. The first-order valence-corrected chi connectivity index (χ1v) is 11.2.